The van der Waals surface area contributed by atoms with Gasteiger partial charge < -0.3 is 0 Å². The van der Waals surface area contributed by atoms with Crippen LogP contribution in [0.1, 0.15) is 0 Å². The first-order valence-corrected chi connectivity index (χ1v) is 5.45. The van der Waals surface area contributed by atoms with Crippen LogP contribution in [-0.4, -0.2) is 0 Å². The number of rotatable bonds is 1. The van der Waals surface area contributed by atoms with Crippen LogP contribution in [0.3, 0.4) is 0 Å². The molecule has 0 bridgehead atoms. The molecule has 18 heavy (non-hydrogen) atoms. The summed E-state index contributed by atoms with van der Waals surface area (Å²) in [6, 6.07) is 3.53. The van der Waals surface area contributed by atoms with Crippen LogP contribution in [0.5, 0.6) is 0 Å². The Balaban J connectivity index is 2.63. The van der Waals surface area contributed by atoms with Crippen molar-refractivity contribution in [1.29, 1.82) is 0 Å². The van der Waals surface area contributed by atoms with Crippen molar-refractivity contribution in [2.24, 2.45) is 0 Å². The standard InChI is InChI=1S/C12H4Cl2F4/c13-11-7(15)1-5(2-8(11)16)6-3-9(17)12(14)10(18)4-6/h1-4H. The highest BCUT2D eigenvalue weighted by Gasteiger charge is 2.14. The van der Waals surface area contributed by atoms with Gasteiger partial charge in [-0.1, -0.05) is 23.2 Å². The zero-order valence-corrected chi connectivity index (χ0v) is 10.1. The highest BCUT2D eigenvalue weighted by molar-refractivity contribution is 6.31. The summed E-state index contributed by atoms with van der Waals surface area (Å²) < 4.78 is 52.9. The molecule has 2 aromatic carbocycles. The van der Waals surface area contributed by atoms with Crippen molar-refractivity contribution in [3.63, 3.8) is 0 Å². The fourth-order valence-corrected chi connectivity index (χ4v) is 1.66. The smallest absolute Gasteiger partial charge is 0.145 e. The Morgan fingerprint density at radius 1 is 0.556 bits per heavy atom. The Morgan fingerprint density at radius 3 is 1.00 bits per heavy atom. The van der Waals surface area contributed by atoms with E-state index in [4.69, 9.17) is 23.2 Å². The van der Waals surface area contributed by atoms with Crippen LogP contribution in [0, 0.1) is 23.3 Å². The van der Waals surface area contributed by atoms with Gasteiger partial charge in [0, 0.05) is 0 Å². The quantitative estimate of drug-likeness (QED) is 0.500. The SMILES string of the molecule is Fc1cc(-c2cc(F)c(Cl)c(F)c2)cc(F)c1Cl. The van der Waals surface area contributed by atoms with E-state index in [0.717, 1.165) is 24.3 Å². The second-order valence-electron chi connectivity index (χ2n) is 3.51. The lowest BCUT2D eigenvalue weighted by molar-refractivity contribution is 0.581. The van der Waals surface area contributed by atoms with Gasteiger partial charge in [-0.05, 0) is 35.4 Å². The Labute approximate surface area is 110 Å². The molecule has 0 fully saturated rings. The molecule has 0 aromatic heterocycles. The minimum atomic E-state index is -1.01. The van der Waals surface area contributed by atoms with E-state index in [1.165, 1.54) is 0 Å². The molecule has 0 saturated heterocycles. The molecule has 0 spiro atoms. The lowest BCUT2D eigenvalue weighted by Gasteiger charge is -2.06. The summed E-state index contributed by atoms with van der Waals surface area (Å²) in [5.74, 6) is -4.05. The second-order valence-corrected chi connectivity index (χ2v) is 4.26. The monoisotopic (exact) mass is 294 g/mol. The van der Waals surface area contributed by atoms with Crippen molar-refractivity contribution in [3.05, 3.63) is 57.6 Å². The van der Waals surface area contributed by atoms with Gasteiger partial charge in [-0.25, -0.2) is 17.6 Å². The predicted octanol–water partition coefficient (Wildman–Crippen LogP) is 5.22. The summed E-state index contributed by atoms with van der Waals surface area (Å²) in [6.07, 6.45) is 0. The maximum absolute atomic E-state index is 13.2. The molecular weight excluding hydrogens is 291 g/mol. The van der Waals surface area contributed by atoms with Crippen LogP contribution in [0.15, 0.2) is 24.3 Å². The van der Waals surface area contributed by atoms with Crippen LogP contribution >= 0.6 is 23.2 Å². The van der Waals surface area contributed by atoms with Crippen molar-refractivity contribution in [1.82, 2.24) is 0 Å². The second kappa shape index (κ2) is 4.78. The number of benzene rings is 2. The van der Waals surface area contributed by atoms with Crippen LogP contribution in [0.25, 0.3) is 11.1 Å². The number of hydrogen-bond donors (Lipinski definition) is 0. The van der Waals surface area contributed by atoms with E-state index in [0.29, 0.717) is 0 Å². The number of hydrogen-bond acceptors (Lipinski definition) is 0. The Morgan fingerprint density at radius 2 is 0.778 bits per heavy atom. The molecule has 0 nitrogen and oxygen atoms in total. The van der Waals surface area contributed by atoms with Crippen LogP contribution < -0.4 is 0 Å². The Hall–Kier alpha value is -1.26. The van der Waals surface area contributed by atoms with Gasteiger partial charge in [-0.3, -0.25) is 0 Å². The Kier molecular flexibility index (Phi) is 3.50. The van der Waals surface area contributed by atoms with Crippen LogP contribution in [0.4, 0.5) is 17.6 Å². The zero-order chi connectivity index (χ0) is 13.4. The summed E-state index contributed by atoms with van der Waals surface area (Å²) in [7, 11) is 0. The highest BCUT2D eigenvalue weighted by Crippen LogP contribution is 2.30. The van der Waals surface area contributed by atoms with Gasteiger partial charge >= 0.3 is 0 Å². The van der Waals surface area contributed by atoms with E-state index in [-0.39, 0.29) is 11.1 Å². The van der Waals surface area contributed by atoms with Gasteiger partial charge in [0.25, 0.3) is 0 Å². The van der Waals surface area contributed by atoms with Gasteiger partial charge in [0.15, 0.2) is 0 Å². The first-order chi connectivity index (χ1) is 8.40. The highest BCUT2D eigenvalue weighted by atomic mass is 35.5. The fourth-order valence-electron chi connectivity index (χ4n) is 1.44. The van der Waals surface area contributed by atoms with Crippen LogP contribution in [0.2, 0.25) is 10.0 Å². The van der Waals surface area contributed by atoms with E-state index >= 15 is 0 Å². The molecule has 0 amide bonds. The van der Waals surface area contributed by atoms with E-state index in [2.05, 4.69) is 0 Å². The first-order valence-electron chi connectivity index (χ1n) is 4.69. The third-order valence-corrected chi connectivity index (χ3v) is 3.02. The lowest BCUT2D eigenvalue weighted by Crippen LogP contribution is -1.90. The summed E-state index contributed by atoms with van der Waals surface area (Å²) in [5.41, 5.74) is -0.0762. The average Bonchev–Trinajstić information content (AvgIpc) is 2.31. The normalized spacial score (nSPS) is 10.8. The Bertz CT molecular complexity index is 524. The van der Waals surface area contributed by atoms with Crippen molar-refractivity contribution >= 4 is 23.2 Å². The van der Waals surface area contributed by atoms with Crippen molar-refractivity contribution in [2.75, 3.05) is 0 Å². The predicted molar refractivity (Wildman–Crippen MR) is 61.7 cm³/mol. The molecule has 2 rings (SSSR count). The molecular formula is C12H4Cl2F4. The third kappa shape index (κ3) is 2.31. The third-order valence-electron chi connectivity index (χ3n) is 2.30. The minimum Gasteiger partial charge on any atom is -0.205 e. The summed E-state index contributed by atoms with van der Waals surface area (Å²) >= 11 is 10.6. The number of halogens is 6. The first kappa shape index (κ1) is 13.2. The molecule has 94 valence electrons. The van der Waals surface area contributed by atoms with Gasteiger partial charge in [-0.2, -0.15) is 0 Å². The van der Waals surface area contributed by atoms with Crippen molar-refractivity contribution in [3.8, 4) is 11.1 Å². The molecule has 0 aliphatic carbocycles. The molecule has 0 atom stereocenters. The molecule has 2 aromatic rings. The van der Waals surface area contributed by atoms with E-state index < -0.39 is 33.3 Å². The van der Waals surface area contributed by atoms with Gasteiger partial charge in [0.05, 0.1) is 0 Å². The largest absolute Gasteiger partial charge is 0.205 e. The molecule has 0 heterocycles. The molecule has 0 aliphatic rings. The molecule has 0 unspecified atom stereocenters. The van der Waals surface area contributed by atoms with Gasteiger partial charge in [0.1, 0.15) is 33.3 Å². The van der Waals surface area contributed by atoms with E-state index in [1.54, 1.807) is 0 Å². The maximum Gasteiger partial charge on any atom is 0.145 e. The van der Waals surface area contributed by atoms with Gasteiger partial charge in [-0.15, -0.1) is 0 Å². The van der Waals surface area contributed by atoms with Gasteiger partial charge in [0.2, 0.25) is 0 Å². The zero-order valence-electron chi connectivity index (χ0n) is 8.58. The lowest BCUT2D eigenvalue weighted by atomic mass is 10.1. The van der Waals surface area contributed by atoms with E-state index in [9.17, 15) is 17.6 Å². The fraction of sp³-hybridized carbons (Fsp3) is 0. The summed E-state index contributed by atoms with van der Waals surface area (Å²) in [6.45, 7) is 0. The molecule has 0 N–H and O–H groups in total. The molecule has 0 aliphatic heterocycles. The molecule has 6 heteroatoms. The topological polar surface area (TPSA) is 0 Å². The minimum absolute atomic E-state index is 0.0381. The average molecular weight is 295 g/mol. The van der Waals surface area contributed by atoms with Crippen molar-refractivity contribution in [2.45, 2.75) is 0 Å². The molecule has 0 saturated carbocycles. The maximum atomic E-state index is 13.2. The summed E-state index contributed by atoms with van der Waals surface area (Å²) in [5, 5.41) is -1.35. The molecule has 0 radical (unpaired) electrons. The van der Waals surface area contributed by atoms with Crippen molar-refractivity contribution < 1.29 is 17.6 Å². The van der Waals surface area contributed by atoms with E-state index in [1.807, 2.05) is 0 Å². The summed E-state index contributed by atoms with van der Waals surface area (Å²) in [4.78, 5) is 0. The van der Waals surface area contributed by atoms with Crippen LogP contribution in [-0.2, 0) is 0 Å².